The number of nitrogens with zero attached hydrogens (tertiary/aromatic N) is 4. The molecule has 3 N–H and O–H groups in total. The number of carboxylic acids is 1. The molecular weight excluding hydrogens is 717 g/mol. The van der Waals surface area contributed by atoms with Crippen LogP contribution in [-0.2, 0) is 24.8 Å². The number of aliphatic carboxylic acids is 1. The highest BCUT2D eigenvalue weighted by atomic mass is 32.2. The summed E-state index contributed by atoms with van der Waals surface area (Å²) in [5.41, 5.74) is 2.30. The number of thiazole rings is 1. The molecule has 4 heterocycles. The van der Waals surface area contributed by atoms with Crippen LogP contribution in [0.3, 0.4) is 0 Å². The summed E-state index contributed by atoms with van der Waals surface area (Å²) >= 11 is 4.21. The molecule has 0 bridgehead atoms. The third-order valence-electron chi connectivity index (χ3n) is 9.43. The van der Waals surface area contributed by atoms with E-state index in [-0.39, 0.29) is 17.1 Å². The second kappa shape index (κ2) is 15.9. The molecule has 3 aliphatic rings. The Morgan fingerprint density at radius 2 is 1.58 bits per heavy atom. The Bertz CT molecular complexity index is 1870. The molecule has 2 fully saturated rings. The van der Waals surface area contributed by atoms with Gasteiger partial charge in [0.1, 0.15) is 24.4 Å². The standard InChI is InChI=1S/C38H38N6O5S3/c1-49-42-30(33(45)40-31-29-24-51-36(32(35(47)48)44(29)34(31)46)50-22-21-43-19-11-12-20-43)28-23-52-37(39-28)41-38(25-13-5-2-6-14-25,26-15-7-3-8-16-26)27-17-9-4-10-18-27/h2-10,13-18,23,29,31H,11-12,19-22,24H2,1H3,(H,39,41)(H,40,45)(H,47,48). The first-order valence-corrected chi connectivity index (χ1v) is 19.9. The minimum absolute atomic E-state index is 0.0112. The average Bonchev–Trinajstić information content (AvgIpc) is 3.88. The van der Waals surface area contributed by atoms with Crippen molar-refractivity contribution >= 4 is 63.5 Å². The molecule has 52 heavy (non-hydrogen) atoms. The van der Waals surface area contributed by atoms with Gasteiger partial charge in [-0.15, -0.1) is 34.9 Å². The number of thioether (sulfide) groups is 2. The van der Waals surface area contributed by atoms with Crippen molar-refractivity contribution in [3.8, 4) is 0 Å². The van der Waals surface area contributed by atoms with Gasteiger partial charge in [-0.2, -0.15) is 0 Å². The molecule has 1 aromatic heterocycles. The largest absolute Gasteiger partial charge is 0.477 e. The van der Waals surface area contributed by atoms with Crippen molar-refractivity contribution in [2.75, 3.05) is 43.6 Å². The Kier molecular flexibility index (Phi) is 11.0. The number of likely N-dealkylation sites (tertiary alicyclic amines) is 1. The second-order valence-electron chi connectivity index (χ2n) is 12.5. The SMILES string of the molecule is CON=C(C(=O)NC1C(=O)N2C(C(=O)O)=C(SCCN3CCCC3)SCC12)c1csc(NC(c2ccccc2)(c2ccccc2)c2ccccc2)n1. The average molecular weight is 755 g/mol. The molecule has 0 spiro atoms. The lowest BCUT2D eigenvalue weighted by Crippen LogP contribution is -2.72. The Labute approximate surface area is 314 Å². The molecule has 2 unspecified atom stereocenters. The van der Waals surface area contributed by atoms with Gasteiger partial charge in [0, 0.05) is 23.4 Å². The van der Waals surface area contributed by atoms with E-state index < -0.39 is 35.4 Å². The quantitative estimate of drug-likeness (QED) is 0.0663. The monoisotopic (exact) mass is 754 g/mol. The third kappa shape index (κ3) is 7.07. The molecule has 0 radical (unpaired) electrons. The number of amides is 2. The van der Waals surface area contributed by atoms with Gasteiger partial charge < -0.3 is 25.5 Å². The molecule has 14 heteroatoms. The number of carbonyl (C=O) groups excluding carboxylic acids is 2. The predicted octanol–water partition coefficient (Wildman–Crippen LogP) is 5.42. The summed E-state index contributed by atoms with van der Waals surface area (Å²) < 4.78 is 0.628. The van der Waals surface area contributed by atoms with Gasteiger partial charge in [-0.05, 0) is 42.6 Å². The summed E-state index contributed by atoms with van der Waals surface area (Å²) in [7, 11) is 1.34. The maximum absolute atomic E-state index is 13.8. The van der Waals surface area contributed by atoms with Crippen molar-refractivity contribution in [1.82, 2.24) is 20.1 Å². The topological polar surface area (TPSA) is 136 Å². The zero-order valence-electron chi connectivity index (χ0n) is 28.4. The summed E-state index contributed by atoms with van der Waals surface area (Å²) in [6, 6.07) is 28.9. The van der Waals surface area contributed by atoms with Crippen LogP contribution < -0.4 is 10.6 Å². The van der Waals surface area contributed by atoms with Gasteiger partial charge in [-0.1, -0.05) is 96.2 Å². The maximum atomic E-state index is 13.8. The first kappa shape index (κ1) is 35.8. The van der Waals surface area contributed by atoms with Gasteiger partial charge in [-0.25, -0.2) is 9.78 Å². The van der Waals surface area contributed by atoms with Crippen LogP contribution in [-0.4, -0.2) is 93.7 Å². The smallest absolute Gasteiger partial charge is 0.354 e. The van der Waals surface area contributed by atoms with Crippen molar-refractivity contribution < 1.29 is 24.3 Å². The first-order valence-electron chi connectivity index (χ1n) is 17.0. The minimum atomic E-state index is -1.15. The van der Waals surface area contributed by atoms with Crippen LogP contribution in [0.1, 0.15) is 35.2 Å². The van der Waals surface area contributed by atoms with Gasteiger partial charge in [0.15, 0.2) is 16.5 Å². The number of nitrogens with one attached hydrogen (secondary N) is 2. The van der Waals surface area contributed by atoms with Crippen LogP contribution in [0.15, 0.2) is 111 Å². The van der Waals surface area contributed by atoms with Gasteiger partial charge in [-0.3, -0.25) is 14.5 Å². The number of carbonyl (C=O) groups is 3. The van der Waals surface area contributed by atoms with Gasteiger partial charge >= 0.3 is 5.97 Å². The van der Waals surface area contributed by atoms with E-state index in [4.69, 9.17) is 9.82 Å². The summed E-state index contributed by atoms with van der Waals surface area (Å²) in [6.45, 7) is 3.00. The van der Waals surface area contributed by atoms with Crippen LogP contribution >= 0.6 is 34.9 Å². The van der Waals surface area contributed by atoms with Gasteiger partial charge in [0.25, 0.3) is 11.8 Å². The van der Waals surface area contributed by atoms with Crippen LogP contribution in [0.4, 0.5) is 5.13 Å². The lowest BCUT2D eigenvalue weighted by atomic mass is 9.77. The Morgan fingerprint density at radius 3 is 2.13 bits per heavy atom. The van der Waals surface area contributed by atoms with Crippen molar-refractivity contribution in [3.63, 3.8) is 0 Å². The van der Waals surface area contributed by atoms with E-state index in [9.17, 15) is 19.5 Å². The summed E-state index contributed by atoms with van der Waals surface area (Å²) in [4.78, 5) is 53.2. The van der Waals surface area contributed by atoms with E-state index in [2.05, 4.69) is 57.1 Å². The molecule has 3 aromatic carbocycles. The van der Waals surface area contributed by atoms with Gasteiger partial charge in [0.05, 0.1) is 10.3 Å². The number of aromatic nitrogens is 1. The second-order valence-corrected chi connectivity index (χ2v) is 15.8. The van der Waals surface area contributed by atoms with Crippen molar-refractivity contribution in [2.24, 2.45) is 5.16 Å². The molecule has 11 nitrogen and oxygen atoms in total. The molecular formula is C38H38N6O5S3. The van der Waals surface area contributed by atoms with Crippen molar-refractivity contribution in [3.05, 3.63) is 129 Å². The number of hydrogen-bond donors (Lipinski definition) is 3. The van der Waals surface area contributed by atoms with Crippen LogP contribution in [0, 0.1) is 0 Å². The lowest BCUT2D eigenvalue weighted by molar-refractivity contribution is -0.153. The first-order chi connectivity index (χ1) is 25.4. The number of fused-ring (bicyclic) bond motifs is 1. The van der Waals surface area contributed by atoms with Crippen molar-refractivity contribution in [2.45, 2.75) is 30.5 Å². The number of oxime groups is 1. The Morgan fingerprint density at radius 1 is 0.981 bits per heavy atom. The van der Waals surface area contributed by atoms with E-state index in [0.29, 0.717) is 15.1 Å². The molecule has 0 aliphatic carbocycles. The zero-order chi connectivity index (χ0) is 36.1. The third-order valence-corrected chi connectivity index (χ3v) is 12.7. The number of rotatable bonds is 14. The number of benzene rings is 3. The molecule has 7 rings (SSSR count). The lowest BCUT2D eigenvalue weighted by Gasteiger charge is -2.49. The van der Waals surface area contributed by atoms with E-state index in [1.807, 2.05) is 54.6 Å². The molecule has 268 valence electrons. The number of hydrogen-bond acceptors (Lipinski definition) is 11. The fraction of sp³-hybridized carbons (Fsp3) is 0.289. The van der Waals surface area contributed by atoms with E-state index in [0.717, 1.165) is 42.1 Å². The highest BCUT2D eigenvalue weighted by Gasteiger charge is 2.54. The number of β-lactam (4-membered cyclic amide) rings is 1. The summed E-state index contributed by atoms with van der Waals surface area (Å²) in [5.74, 6) is -1.06. The molecule has 0 saturated carbocycles. The van der Waals surface area contributed by atoms with E-state index in [1.54, 1.807) is 5.38 Å². The zero-order valence-corrected chi connectivity index (χ0v) is 30.9. The molecule has 2 atom stereocenters. The van der Waals surface area contributed by atoms with Crippen LogP contribution in [0.25, 0.3) is 0 Å². The summed E-state index contributed by atoms with van der Waals surface area (Å²) in [6.07, 6.45) is 2.38. The molecule has 3 aliphatic heterocycles. The van der Waals surface area contributed by atoms with Crippen molar-refractivity contribution in [1.29, 1.82) is 0 Å². The maximum Gasteiger partial charge on any atom is 0.354 e. The molecule has 4 aromatic rings. The van der Waals surface area contributed by atoms with E-state index in [1.165, 1.54) is 59.7 Å². The number of anilines is 1. The van der Waals surface area contributed by atoms with E-state index >= 15 is 0 Å². The summed E-state index contributed by atoms with van der Waals surface area (Å²) in [5, 5.41) is 22.9. The Balaban J connectivity index is 1.11. The predicted molar refractivity (Wildman–Crippen MR) is 206 cm³/mol. The van der Waals surface area contributed by atoms with Crippen LogP contribution in [0.2, 0.25) is 0 Å². The highest BCUT2D eigenvalue weighted by molar-refractivity contribution is 8.22. The normalized spacial score (nSPS) is 19.2. The Hall–Kier alpha value is -4.63. The van der Waals surface area contributed by atoms with Crippen LogP contribution in [0.5, 0.6) is 0 Å². The minimum Gasteiger partial charge on any atom is -0.477 e. The fourth-order valence-electron chi connectivity index (χ4n) is 6.94. The molecule has 2 saturated heterocycles. The highest BCUT2D eigenvalue weighted by Crippen LogP contribution is 2.44. The fourth-order valence-corrected chi connectivity index (χ4v) is 10.3. The molecule has 2 amide bonds. The number of carboxylic acid groups (broad SMARTS) is 1. The van der Waals surface area contributed by atoms with Gasteiger partial charge in [0.2, 0.25) is 0 Å².